The number of ether oxygens (including phenoxy) is 2. The van der Waals surface area contributed by atoms with Gasteiger partial charge in [0.2, 0.25) is 0 Å². The highest BCUT2D eigenvalue weighted by Crippen LogP contribution is 2.17. The normalized spacial score (nSPS) is 20.0. The third-order valence-electron chi connectivity index (χ3n) is 3.99. The van der Waals surface area contributed by atoms with E-state index in [2.05, 4.69) is 43.4 Å². The summed E-state index contributed by atoms with van der Waals surface area (Å²) in [7, 11) is 0. The minimum absolute atomic E-state index is 0.512. The molecule has 20 heavy (non-hydrogen) atoms. The second-order valence-electron chi connectivity index (χ2n) is 5.64. The van der Waals surface area contributed by atoms with Crippen LogP contribution in [0, 0.1) is 5.92 Å². The Kier molecular flexibility index (Phi) is 6.34. The van der Waals surface area contributed by atoms with Crippen molar-refractivity contribution in [1.82, 2.24) is 5.32 Å². The zero-order valence-electron chi connectivity index (χ0n) is 12.7. The summed E-state index contributed by atoms with van der Waals surface area (Å²) in [5.74, 6) is 1.63. The van der Waals surface area contributed by atoms with Gasteiger partial charge >= 0.3 is 0 Å². The smallest absolute Gasteiger partial charge is 0.119 e. The van der Waals surface area contributed by atoms with E-state index < -0.39 is 0 Å². The SMILES string of the molecule is CCCCOc1ccc(CNC(C)C2CCOC2)cc1. The summed E-state index contributed by atoms with van der Waals surface area (Å²) < 4.78 is 11.1. The largest absolute Gasteiger partial charge is 0.494 e. The van der Waals surface area contributed by atoms with E-state index in [1.54, 1.807) is 0 Å². The van der Waals surface area contributed by atoms with E-state index >= 15 is 0 Å². The molecule has 2 atom stereocenters. The van der Waals surface area contributed by atoms with E-state index in [-0.39, 0.29) is 0 Å². The Morgan fingerprint density at radius 2 is 2.15 bits per heavy atom. The number of nitrogens with one attached hydrogen (secondary N) is 1. The molecule has 0 saturated carbocycles. The molecule has 2 rings (SSSR count). The zero-order valence-corrected chi connectivity index (χ0v) is 12.7. The van der Waals surface area contributed by atoms with Gasteiger partial charge in [0.15, 0.2) is 0 Å². The molecule has 1 aliphatic heterocycles. The standard InChI is InChI=1S/C17H27NO2/c1-3-4-10-20-17-7-5-15(6-8-17)12-18-14(2)16-9-11-19-13-16/h5-8,14,16,18H,3-4,9-13H2,1-2H3. The van der Waals surface area contributed by atoms with E-state index in [9.17, 15) is 0 Å². The molecule has 1 heterocycles. The fraction of sp³-hybridized carbons (Fsp3) is 0.647. The summed E-state index contributed by atoms with van der Waals surface area (Å²) in [4.78, 5) is 0. The lowest BCUT2D eigenvalue weighted by molar-refractivity contribution is 0.178. The van der Waals surface area contributed by atoms with Crippen molar-refractivity contribution < 1.29 is 9.47 Å². The van der Waals surface area contributed by atoms with Crippen molar-refractivity contribution in [3.05, 3.63) is 29.8 Å². The van der Waals surface area contributed by atoms with Gasteiger partial charge < -0.3 is 14.8 Å². The monoisotopic (exact) mass is 277 g/mol. The topological polar surface area (TPSA) is 30.5 Å². The van der Waals surface area contributed by atoms with E-state index in [1.165, 1.54) is 18.4 Å². The summed E-state index contributed by atoms with van der Waals surface area (Å²) in [6.07, 6.45) is 3.47. The fourth-order valence-electron chi connectivity index (χ4n) is 2.43. The number of rotatable bonds is 8. The van der Waals surface area contributed by atoms with Crippen molar-refractivity contribution in [2.24, 2.45) is 5.92 Å². The summed E-state index contributed by atoms with van der Waals surface area (Å²) in [5.41, 5.74) is 1.30. The van der Waals surface area contributed by atoms with Gasteiger partial charge in [-0.1, -0.05) is 25.5 Å². The summed E-state index contributed by atoms with van der Waals surface area (Å²) >= 11 is 0. The quantitative estimate of drug-likeness (QED) is 0.739. The fourth-order valence-corrected chi connectivity index (χ4v) is 2.43. The molecule has 0 bridgehead atoms. The maximum atomic E-state index is 5.67. The first-order valence-corrected chi connectivity index (χ1v) is 7.82. The molecule has 1 N–H and O–H groups in total. The molecule has 0 aromatic heterocycles. The molecule has 1 aliphatic rings. The highest BCUT2D eigenvalue weighted by molar-refractivity contribution is 5.27. The molecule has 0 radical (unpaired) electrons. The average Bonchev–Trinajstić information content (AvgIpc) is 3.01. The van der Waals surface area contributed by atoms with Gasteiger partial charge in [-0.15, -0.1) is 0 Å². The molecule has 1 saturated heterocycles. The molecule has 0 spiro atoms. The molecule has 112 valence electrons. The van der Waals surface area contributed by atoms with Crippen molar-refractivity contribution in [1.29, 1.82) is 0 Å². The van der Waals surface area contributed by atoms with Crippen LogP contribution in [0.1, 0.15) is 38.7 Å². The highest BCUT2D eigenvalue weighted by atomic mass is 16.5. The van der Waals surface area contributed by atoms with Crippen molar-refractivity contribution >= 4 is 0 Å². The lowest BCUT2D eigenvalue weighted by Gasteiger charge is -2.19. The first-order chi connectivity index (χ1) is 9.79. The van der Waals surface area contributed by atoms with E-state index in [0.717, 1.165) is 38.5 Å². The van der Waals surface area contributed by atoms with E-state index in [1.807, 2.05) is 0 Å². The molecular formula is C17H27NO2. The lowest BCUT2D eigenvalue weighted by atomic mass is 10.0. The van der Waals surface area contributed by atoms with Crippen LogP contribution in [0.15, 0.2) is 24.3 Å². The number of hydrogen-bond donors (Lipinski definition) is 1. The number of hydrogen-bond acceptors (Lipinski definition) is 3. The van der Waals surface area contributed by atoms with Crippen molar-refractivity contribution in [3.63, 3.8) is 0 Å². The van der Waals surface area contributed by atoms with Gasteiger partial charge in [-0.05, 0) is 43.4 Å². The van der Waals surface area contributed by atoms with E-state index in [0.29, 0.717) is 12.0 Å². The lowest BCUT2D eigenvalue weighted by Crippen LogP contribution is -2.33. The number of benzene rings is 1. The first-order valence-electron chi connectivity index (χ1n) is 7.82. The van der Waals surface area contributed by atoms with Crippen LogP contribution in [-0.2, 0) is 11.3 Å². The van der Waals surface area contributed by atoms with Crippen LogP contribution in [0.2, 0.25) is 0 Å². The van der Waals surface area contributed by atoms with Gasteiger partial charge in [-0.3, -0.25) is 0 Å². The zero-order chi connectivity index (χ0) is 14.2. The summed E-state index contributed by atoms with van der Waals surface area (Å²) in [6.45, 7) is 7.97. The maximum Gasteiger partial charge on any atom is 0.119 e. The second kappa shape index (κ2) is 8.28. The Labute approximate surface area is 122 Å². The Balaban J connectivity index is 1.72. The molecule has 0 amide bonds. The van der Waals surface area contributed by atoms with Gasteiger partial charge in [0.25, 0.3) is 0 Å². The Hall–Kier alpha value is -1.06. The summed E-state index contributed by atoms with van der Waals surface area (Å²) in [6, 6.07) is 8.93. The third kappa shape index (κ3) is 4.80. The van der Waals surface area contributed by atoms with Gasteiger partial charge in [-0.2, -0.15) is 0 Å². The molecule has 1 aromatic rings. The Bertz CT molecular complexity index is 371. The number of unbranched alkanes of at least 4 members (excludes halogenated alkanes) is 1. The molecular weight excluding hydrogens is 250 g/mol. The van der Waals surface area contributed by atoms with Crippen LogP contribution < -0.4 is 10.1 Å². The van der Waals surface area contributed by atoms with Crippen LogP contribution in [0.4, 0.5) is 0 Å². The van der Waals surface area contributed by atoms with Gasteiger partial charge in [0.05, 0.1) is 13.2 Å². The maximum absolute atomic E-state index is 5.67. The summed E-state index contributed by atoms with van der Waals surface area (Å²) in [5, 5.41) is 3.59. The average molecular weight is 277 g/mol. The van der Waals surface area contributed by atoms with Crippen LogP contribution in [0.25, 0.3) is 0 Å². The molecule has 3 nitrogen and oxygen atoms in total. The molecule has 2 unspecified atom stereocenters. The Morgan fingerprint density at radius 1 is 1.35 bits per heavy atom. The van der Waals surface area contributed by atoms with Crippen molar-refractivity contribution in [2.45, 2.75) is 45.7 Å². The second-order valence-corrected chi connectivity index (χ2v) is 5.64. The molecule has 3 heteroatoms. The van der Waals surface area contributed by atoms with Crippen molar-refractivity contribution in [2.75, 3.05) is 19.8 Å². The Morgan fingerprint density at radius 3 is 2.80 bits per heavy atom. The van der Waals surface area contributed by atoms with Gasteiger partial charge in [0.1, 0.15) is 5.75 Å². The minimum atomic E-state index is 0.512. The molecule has 1 fully saturated rings. The predicted octanol–water partition coefficient (Wildman–Crippen LogP) is 3.38. The van der Waals surface area contributed by atoms with E-state index in [4.69, 9.17) is 9.47 Å². The van der Waals surface area contributed by atoms with Crippen LogP contribution in [0.3, 0.4) is 0 Å². The highest BCUT2D eigenvalue weighted by Gasteiger charge is 2.21. The predicted molar refractivity (Wildman–Crippen MR) is 82.1 cm³/mol. The van der Waals surface area contributed by atoms with Gasteiger partial charge in [0, 0.05) is 19.2 Å². The van der Waals surface area contributed by atoms with Crippen LogP contribution in [0.5, 0.6) is 5.75 Å². The van der Waals surface area contributed by atoms with Crippen LogP contribution >= 0.6 is 0 Å². The third-order valence-corrected chi connectivity index (χ3v) is 3.99. The first kappa shape index (κ1) is 15.3. The molecule has 1 aromatic carbocycles. The minimum Gasteiger partial charge on any atom is -0.494 e. The van der Waals surface area contributed by atoms with Crippen LogP contribution in [-0.4, -0.2) is 25.9 Å². The van der Waals surface area contributed by atoms with Crippen molar-refractivity contribution in [3.8, 4) is 5.75 Å². The van der Waals surface area contributed by atoms with Gasteiger partial charge in [-0.25, -0.2) is 0 Å². The molecule has 0 aliphatic carbocycles.